The second-order valence-corrected chi connectivity index (χ2v) is 7.07. The van der Waals surface area contributed by atoms with Gasteiger partial charge in [-0.1, -0.05) is 78.9 Å². The fourth-order valence-corrected chi connectivity index (χ4v) is 3.05. The smallest absolute Gasteiger partial charge is 0.338 e. The van der Waals surface area contributed by atoms with Gasteiger partial charge in [0.15, 0.2) is 11.5 Å². The van der Waals surface area contributed by atoms with Gasteiger partial charge in [0.25, 0.3) is 0 Å². The van der Waals surface area contributed by atoms with E-state index in [1.165, 1.54) is 12.1 Å². The molecule has 0 saturated heterocycles. The molecule has 0 aliphatic carbocycles. The van der Waals surface area contributed by atoms with Crippen LogP contribution in [0.2, 0.25) is 0 Å². The summed E-state index contributed by atoms with van der Waals surface area (Å²) < 4.78 is 17.1. The van der Waals surface area contributed by atoms with E-state index in [1.807, 2.05) is 78.9 Å². The van der Waals surface area contributed by atoms with E-state index in [-0.39, 0.29) is 36.0 Å². The second kappa shape index (κ2) is 10.2. The van der Waals surface area contributed by atoms with Crippen LogP contribution in [0.5, 0.6) is 23.0 Å². The number of carbonyl (C=O) groups is 1. The van der Waals surface area contributed by atoms with Crippen molar-refractivity contribution in [1.29, 1.82) is 0 Å². The zero-order valence-corrected chi connectivity index (χ0v) is 17.3. The molecule has 0 atom stereocenters. The minimum atomic E-state index is -0.545. The van der Waals surface area contributed by atoms with E-state index in [0.717, 1.165) is 11.1 Å². The Labute approximate surface area is 186 Å². The Morgan fingerprint density at radius 1 is 0.688 bits per heavy atom. The number of aromatic hydroxyl groups is 1. The molecule has 0 bridgehead atoms. The molecule has 0 aromatic heterocycles. The predicted octanol–water partition coefficient (Wildman–Crippen LogP) is 6.12. The second-order valence-electron chi connectivity index (χ2n) is 7.07. The summed E-state index contributed by atoms with van der Waals surface area (Å²) in [6.45, 7) is 0.358. The molecule has 5 nitrogen and oxygen atoms in total. The highest BCUT2D eigenvalue weighted by molar-refractivity contribution is 5.91. The van der Waals surface area contributed by atoms with Crippen LogP contribution in [0.15, 0.2) is 103 Å². The van der Waals surface area contributed by atoms with Crippen LogP contribution in [0, 0.1) is 0 Å². The first-order chi connectivity index (χ1) is 15.7. The molecule has 32 heavy (non-hydrogen) atoms. The quantitative estimate of drug-likeness (QED) is 0.344. The minimum absolute atomic E-state index is 0.105. The lowest BCUT2D eigenvalue weighted by Gasteiger charge is -2.15. The molecule has 5 heteroatoms. The summed E-state index contributed by atoms with van der Waals surface area (Å²) in [7, 11) is 0. The molecule has 0 saturated carbocycles. The first-order valence-corrected chi connectivity index (χ1v) is 10.2. The minimum Gasteiger partial charge on any atom is -0.502 e. The van der Waals surface area contributed by atoms with Crippen LogP contribution in [-0.4, -0.2) is 11.1 Å². The summed E-state index contributed by atoms with van der Waals surface area (Å²) in [5, 5.41) is 10.7. The molecule has 4 aromatic rings. The van der Waals surface area contributed by atoms with Crippen molar-refractivity contribution in [2.45, 2.75) is 13.2 Å². The van der Waals surface area contributed by atoms with Crippen molar-refractivity contribution in [3.05, 3.63) is 120 Å². The zero-order chi connectivity index (χ0) is 22.2. The Kier molecular flexibility index (Phi) is 6.68. The van der Waals surface area contributed by atoms with Crippen LogP contribution >= 0.6 is 0 Å². The number of hydrogen-bond donors (Lipinski definition) is 1. The number of phenols is 1. The number of phenolic OH excluding ortho intramolecular Hbond substituents is 1. The SMILES string of the molecule is O=C(OCc1ccccc1)c1cc(OCc2ccccc2)c(O)c(Oc2ccccc2)c1. The Bertz CT molecular complexity index is 1160. The van der Waals surface area contributed by atoms with Gasteiger partial charge in [-0.15, -0.1) is 0 Å². The van der Waals surface area contributed by atoms with Crippen molar-refractivity contribution in [2.24, 2.45) is 0 Å². The number of benzene rings is 4. The summed E-state index contributed by atoms with van der Waals surface area (Å²) in [5.41, 5.74) is 2.02. The average molecular weight is 426 g/mol. The number of esters is 1. The van der Waals surface area contributed by atoms with Gasteiger partial charge in [0.2, 0.25) is 5.75 Å². The molecule has 1 N–H and O–H groups in total. The van der Waals surface area contributed by atoms with E-state index in [0.29, 0.717) is 5.75 Å². The Balaban J connectivity index is 1.59. The summed E-state index contributed by atoms with van der Waals surface area (Å²) in [6.07, 6.45) is 0. The van der Waals surface area contributed by atoms with Crippen molar-refractivity contribution in [1.82, 2.24) is 0 Å². The van der Waals surface area contributed by atoms with Crippen LogP contribution < -0.4 is 9.47 Å². The molecule has 0 aliphatic rings. The van der Waals surface area contributed by atoms with Crippen LogP contribution in [0.1, 0.15) is 21.5 Å². The third-order valence-electron chi connectivity index (χ3n) is 4.70. The Morgan fingerprint density at radius 3 is 1.84 bits per heavy atom. The standard InChI is InChI=1S/C27H22O5/c28-26-24(30-18-20-10-4-1-5-11-20)16-22(17-25(26)32-23-14-8-3-9-15-23)27(29)31-19-21-12-6-2-7-13-21/h1-17,28H,18-19H2. The van der Waals surface area contributed by atoms with E-state index in [4.69, 9.17) is 14.2 Å². The van der Waals surface area contributed by atoms with Gasteiger partial charge in [-0.25, -0.2) is 4.79 Å². The summed E-state index contributed by atoms with van der Waals surface area (Å²) in [5.74, 6) is 0.0229. The average Bonchev–Trinajstić information content (AvgIpc) is 2.85. The number of rotatable bonds is 8. The van der Waals surface area contributed by atoms with E-state index in [1.54, 1.807) is 12.1 Å². The van der Waals surface area contributed by atoms with Crippen LogP contribution in [0.4, 0.5) is 0 Å². The molecule has 4 aromatic carbocycles. The topological polar surface area (TPSA) is 65.0 Å². The summed E-state index contributed by atoms with van der Waals surface area (Å²) >= 11 is 0. The van der Waals surface area contributed by atoms with Gasteiger partial charge >= 0.3 is 5.97 Å². The fraction of sp³-hybridized carbons (Fsp3) is 0.0741. The fourth-order valence-electron chi connectivity index (χ4n) is 3.05. The molecule has 160 valence electrons. The molecule has 0 fully saturated rings. The maximum absolute atomic E-state index is 12.7. The largest absolute Gasteiger partial charge is 0.502 e. The maximum atomic E-state index is 12.7. The zero-order valence-electron chi connectivity index (χ0n) is 17.3. The van der Waals surface area contributed by atoms with E-state index < -0.39 is 5.97 Å². The van der Waals surface area contributed by atoms with Gasteiger partial charge in [0.1, 0.15) is 19.0 Å². The number of hydrogen-bond acceptors (Lipinski definition) is 5. The molecular formula is C27H22O5. The highest BCUT2D eigenvalue weighted by Gasteiger charge is 2.18. The molecule has 4 rings (SSSR count). The highest BCUT2D eigenvalue weighted by Crippen LogP contribution is 2.40. The lowest BCUT2D eigenvalue weighted by molar-refractivity contribution is 0.0471. The third kappa shape index (κ3) is 5.46. The monoisotopic (exact) mass is 426 g/mol. The van der Waals surface area contributed by atoms with E-state index >= 15 is 0 Å². The molecule has 0 radical (unpaired) electrons. The van der Waals surface area contributed by atoms with Gasteiger partial charge in [-0.05, 0) is 35.4 Å². The van der Waals surface area contributed by atoms with Gasteiger partial charge in [-0.3, -0.25) is 0 Å². The first-order valence-electron chi connectivity index (χ1n) is 10.2. The van der Waals surface area contributed by atoms with Gasteiger partial charge in [-0.2, -0.15) is 0 Å². The number of ether oxygens (including phenoxy) is 3. The van der Waals surface area contributed by atoms with Crippen molar-refractivity contribution < 1.29 is 24.1 Å². The predicted molar refractivity (Wildman–Crippen MR) is 121 cm³/mol. The molecule has 0 amide bonds. The molecule has 0 heterocycles. The van der Waals surface area contributed by atoms with Crippen LogP contribution in [-0.2, 0) is 18.0 Å². The first kappa shape index (κ1) is 21.0. The summed E-state index contributed by atoms with van der Waals surface area (Å²) in [6, 6.07) is 30.9. The van der Waals surface area contributed by atoms with Gasteiger partial charge in [0, 0.05) is 0 Å². The summed E-state index contributed by atoms with van der Waals surface area (Å²) in [4.78, 5) is 12.7. The van der Waals surface area contributed by atoms with Gasteiger partial charge in [0.05, 0.1) is 5.56 Å². The van der Waals surface area contributed by atoms with Crippen molar-refractivity contribution in [2.75, 3.05) is 0 Å². The number of carbonyl (C=O) groups excluding carboxylic acids is 1. The van der Waals surface area contributed by atoms with Crippen molar-refractivity contribution in [3.8, 4) is 23.0 Å². The van der Waals surface area contributed by atoms with Crippen LogP contribution in [0.3, 0.4) is 0 Å². The maximum Gasteiger partial charge on any atom is 0.338 e. The molecule has 0 spiro atoms. The number of para-hydroxylation sites is 1. The Morgan fingerprint density at radius 2 is 1.22 bits per heavy atom. The normalized spacial score (nSPS) is 10.4. The lowest BCUT2D eigenvalue weighted by atomic mass is 10.1. The molecule has 0 aliphatic heterocycles. The van der Waals surface area contributed by atoms with Crippen molar-refractivity contribution in [3.63, 3.8) is 0 Å². The van der Waals surface area contributed by atoms with Crippen molar-refractivity contribution >= 4 is 5.97 Å². The van der Waals surface area contributed by atoms with E-state index in [9.17, 15) is 9.90 Å². The third-order valence-corrected chi connectivity index (χ3v) is 4.70. The Hall–Kier alpha value is -4.25. The highest BCUT2D eigenvalue weighted by atomic mass is 16.5. The molecular weight excluding hydrogens is 404 g/mol. The molecule has 0 unspecified atom stereocenters. The van der Waals surface area contributed by atoms with Gasteiger partial charge < -0.3 is 19.3 Å². The van der Waals surface area contributed by atoms with E-state index in [2.05, 4.69) is 0 Å². The van der Waals surface area contributed by atoms with Crippen LogP contribution in [0.25, 0.3) is 0 Å². The lowest BCUT2D eigenvalue weighted by Crippen LogP contribution is -2.06.